The summed E-state index contributed by atoms with van der Waals surface area (Å²) in [6.45, 7) is 5.28. The molecule has 8 nitrogen and oxygen atoms in total. The molecular weight excluding hydrogens is 382 g/mol. The van der Waals surface area contributed by atoms with Crippen LogP contribution in [0.3, 0.4) is 0 Å². The average Bonchev–Trinajstić information content (AvgIpc) is 2.62. The van der Waals surface area contributed by atoms with Gasteiger partial charge in [0, 0.05) is 30.3 Å². The standard InChI is InChI=1S/C19H25N3O5S/c1-19(2,3)28(26)21-16(15-8-7-14(27-4)11-17(15)24)10-13(23)12-22-18(25)6-5-9-20-22/h5-9,11,13,23-24H,10,12H2,1-4H3/b21-16+/t13?,28-/m0/s1. The molecule has 0 saturated heterocycles. The van der Waals surface area contributed by atoms with Gasteiger partial charge in [0.05, 0.1) is 19.8 Å². The van der Waals surface area contributed by atoms with Gasteiger partial charge in [0.25, 0.3) is 5.56 Å². The summed E-state index contributed by atoms with van der Waals surface area (Å²) in [6, 6.07) is 7.51. The van der Waals surface area contributed by atoms with Crippen LogP contribution in [0.1, 0.15) is 32.8 Å². The Morgan fingerprint density at radius 2 is 2.11 bits per heavy atom. The van der Waals surface area contributed by atoms with Crippen molar-refractivity contribution < 1.29 is 19.5 Å². The molecule has 152 valence electrons. The highest BCUT2D eigenvalue weighted by atomic mass is 32.2. The molecule has 2 aromatic rings. The molecule has 0 radical (unpaired) electrons. The Labute approximate surface area is 166 Å². The third-order valence-electron chi connectivity index (χ3n) is 3.83. The number of rotatable bonds is 7. The van der Waals surface area contributed by atoms with E-state index < -0.39 is 22.2 Å². The number of aromatic nitrogens is 2. The fourth-order valence-corrected chi connectivity index (χ4v) is 2.97. The van der Waals surface area contributed by atoms with E-state index in [0.29, 0.717) is 11.3 Å². The van der Waals surface area contributed by atoms with Crippen LogP contribution in [-0.2, 0) is 17.9 Å². The predicted molar refractivity (Wildman–Crippen MR) is 108 cm³/mol. The second-order valence-corrected chi connectivity index (χ2v) is 9.09. The van der Waals surface area contributed by atoms with Crippen LogP contribution >= 0.6 is 0 Å². The second kappa shape index (κ2) is 9.22. The molecule has 0 saturated carbocycles. The summed E-state index contributed by atoms with van der Waals surface area (Å²) in [5.74, 6) is 0.351. The number of benzene rings is 1. The SMILES string of the molecule is COc1ccc(/C(CC(O)Cn2ncccc2=O)=N/[S@@+]([O-])C(C)(C)C)c(O)c1. The number of aliphatic hydroxyl groups excluding tert-OH is 1. The smallest absolute Gasteiger partial charge is 0.266 e. The van der Waals surface area contributed by atoms with E-state index in [4.69, 9.17) is 4.74 Å². The number of methoxy groups -OCH3 is 1. The molecule has 28 heavy (non-hydrogen) atoms. The Morgan fingerprint density at radius 3 is 2.68 bits per heavy atom. The largest absolute Gasteiger partial charge is 0.591 e. The maximum atomic E-state index is 12.5. The van der Waals surface area contributed by atoms with Crippen LogP contribution < -0.4 is 10.3 Å². The van der Waals surface area contributed by atoms with Crippen LogP contribution in [0.15, 0.2) is 45.7 Å². The molecule has 2 rings (SSSR count). The van der Waals surface area contributed by atoms with Crippen LogP contribution in [0.2, 0.25) is 0 Å². The number of aromatic hydroxyl groups is 1. The number of ether oxygens (including phenoxy) is 1. The third kappa shape index (κ3) is 5.82. The van der Waals surface area contributed by atoms with E-state index in [2.05, 4.69) is 9.50 Å². The molecule has 0 aliphatic heterocycles. The van der Waals surface area contributed by atoms with Crippen molar-refractivity contribution >= 4 is 17.1 Å². The molecular formula is C19H25N3O5S. The van der Waals surface area contributed by atoms with Crippen LogP contribution in [0.4, 0.5) is 0 Å². The summed E-state index contributed by atoms with van der Waals surface area (Å²) in [5.41, 5.74) is 0.265. The Morgan fingerprint density at radius 1 is 1.39 bits per heavy atom. The maximum absolute atomic E-state index is 12.5. The van der Waals surface area contributed by atoms with Crippen LogP contribution in [0, 0.1) is 0 Å². The lowest BCUT2D eigenvalue weighted by atomic mass is 10.0. The van der Waals surface area contributed by atoms with Crippen molar-refractivity contribution in [1.29, 1.82) is 0 Å². The van der Waals surface area contributed by atoms with Gasteiger partial charge < -0.3 is 19.5 Å². The summed E-state index contributed by atoms with van der Waals surface area (Å²) in [6.07, 6.45) is 0.405. The Kier molecular flexibility index (Phi) is 7.22. The number of nitrogens with zero attached hydrogens (tertiary/aromatic N) is 3. The normalized spacial score (nSPS) is 14.6. The van der Waals surface area contributed by atoms with E-state index in [-0.39, 0.29) is 30.0 Å². The van der Waals surface area contributed by atoms with Crippen molar-refractivity contribution in [2.24, 2.45) is 4.40 Å². The molecule has 1 unspecified atom stereocenters. The number of phenolic OH excluding ortho intramolecular Hbond substituents is 1. The zero-order chi connectivity index (χ0) is 20.9. The van der Waals surface area contributed by atoms with Crippen LogP contribution in [0.5, 0.6) is 11.5 Å². The molecule has 0 spiro atoms. The van der Waals surface area contributed by atoms with Crippen molar-refractivity contribution in [1.82, 2.24) is 9.78 Å². The molecule has 0 aliphatic carbocycles. The van der Waals surface area contributed by atoms with Gasteiger partial charge in [-0.05, 0) is 39.0 Å². The molecule has 1 aromatic carbocycles. The first-order valence-electron chi connectivity index (χ1n) is 8.69. The fourth-order valence-electron chi connectivity index (χ4n) is 2.33. The van der Waals surface area contributed by atoms with Gasteiger partial charge in [-0.15, -0.1) is 0 Å². The maximum Gasteiger partial charge on any atom is 0.266 e. The molecule has 0 aliphatic rings. The van der Waals surface area contributed by atoms with Gasteiger partial charge in [-0.3, -0.25) is 4.79 Å². The van der Waals surface area contributed by atoms with E-state index >= 15 is 0 Å². The number of hydrogen-bond acceptors (Lipinski definition) is 7. The third-order valence-corrected chi connectivity index (χ3v) is 5.26. The summed E-state index contributed by atoms with van der Waals surface area (Å²) in [4.78, 5) is 11.8. The zero-order valence-corrected chi connectivity index (χ0v) is 17.1. The van der Waals surface area contributed by atoms with Gasteiger partial charge >= 0.3 is 0 Å². The lowest BCUT2D eigenvalue weighted by molar-refractivity contribution is 0.154. The molecule has 2 atom stereocenters. The van der Waals surface area contributed by atoms with Crippen LogP contribution in [-0.4, -0.2) is 48.2 Å². The Hall–Kier alpha value is -2.36. The van der Waals surface area contributed by atoms with Crippen molar-refractivity contribution in [2.45, 2.75) is 44.6 Å². The molecule has 2 N–H and O–H groups in total. The molecule has 1 aromatic heterocycles. The van der Waals surface area contributed by atoms with Crippen molar-refractivity contribution in [3.05, 3.63) is 52.4 Å². The van der Waals surface area contributed by atoms with Crippen molar-refractivity contribution in [3.8, 4) is 11.5 Å². The molecule has 9 heteroatoms. The van der Waals surface area contributed by atoms with Crippen molar-refractivity contribution in [2.75, 3.05) is 7.11 Å². The van der Waals surface area contributed by atoms with E-state index in [9.17, 15) is 19.6 Å². The Balaban J connectivity index is 2.34. The Bertz CT molecular complexity index is 892. The van der Waals surface area contributed by atoms with Gasteiger partial charge in [-0.25, -0.2) is 4.68 Å². The number of phenols is 1. The minimum absolute atomic E-state index is 0.0231. The predicted octanol–water partition coefficient (Wildman–Crippen LogP) is 1.66. The van der Waals surface area contributed by atoms with E-state index in [1.54, 1.807) is 32.9 Å². The van der Waals surface area contributed by atoms with Crippen LogP contribution in [0.25, 0.3) is 0 Å². The molecule has 0 amide bonds. The summed E-state index contributed by atoms with van der Waals surface area (Å²) < 4.78 is 22.4. The highest BCUT2D eigenvalue weighted by Crippen LogP contribution is 2.27. The number of hydrogen-bond donors (Lipinski definition) is 2. The summed E-state index contributed by atoms with van der Waals surface area (Å²) in [7, 11) is 1.48. The zero-order valence-electron chi connectivity index (χ0n) is 16.3. The van der Waals surface area contributed by atoms with Gasteiger partial charge in [-0.1, -0.05) is 4.40 Å². The van der Waals surface area contributed by atoms with E-state index in [1.165, 1.54) is 31.5 Å². The van der Waals surface area contributed by atoms with E-state index in [0.717, 1.165) is 4.68 Å². The summed E-state index contributed by atoms with van der Waals surface area (Å²) >= 11 is -1.60. The first-order valence-corrected chi connectivity index (χ1v) is 9.79. The molecule has 0 bridgehead atoms. The minimum atomic E-state index is -1.60. The fraction of sp³-hybridized carbons (Fsp3) is 0.421. The number of aliphatic hydroxyl groups is 1. The quantitative estimate of drug-likeness (QED) is 0.532. The highest BCUT2D eigenvalue weighted by molar-refractivity contribution is 7.91. The average molecular weight is 407 g/mol. The minimum Gasteiger partial charge on any atom is -0.591 e. The molecule has 0 fully saturated rings. The van der Waals surface area contributed by atoms with Gasteiger partial charge in [0.2, 0.25) is 0 Å². The lowest BCUT2D eigenvalue weighted by Crippen LogP contribution is -2.31. The highest BCUT2D eigenvalue weighted by Gasteiger charge is 2.29. The topological polar surface area (TPSA) is 120 Å². The first-order chi connectivity index (χ1) is 13.1. The summed E-state index contributed by atoms with van der Waals surface area (Å²) in [5, 5.41) is 24.7. The van der Waals surface area contributed by atoms with Gasteiger partial charge in [-0.2, -0.15) is 5.10 Å². The van der Waals surface area contributed by atoms with Gasteiger partial charge in [0.1, 0.15) is 33.3 Å². The second-order valence-electron chi connectivity index (χ2n) is 7.18. The van der Waals surface area contributed by atoms with Gasteiger partial charge in [0.15, 0.2) is 0 Å². The first kappa shape index (κ1) is 21.9. The van der Waals surface area contributed by atoms with Crippen molar-refractivity contribution in [3.63, 3.8) is 0 Å². The van der Waals surface area contributed by atoms with E-state index in [1.807, 2.05) is 0 Å². The molecule has 1 heterocycles. The lowest BCUT2D eigenvalue weighted by Gasteiger charge is -2.21. The monoisotopic (exact) mass is 407 g/mol.